The highest BCUT2D eigenvalue weighted by atomic mass is 16.2. The first-order valence-corrected chi connectivity index (χ1v) is 6.27. The van der Waals surface area contributed by atoms with Crippen LogP contribution in [0.5, 0.6) is 0 Å². The molecule has 0 fully saturated rings. The van der Waals surface area contributed by atoms with Crippen molar-refractivity contribution in [2.24, 2.45) is 7.05 Å². The summed E-state index contributed by atoms with van der Waals surface area (Å²) in [7, 11) is 1.80. The van der Waals surface area contributed by atoms with Gasteiger partial charge in [0.05, 0.1) is 0 Å². The fraction of sp³-hybridized carbons (Fsp3) is 0.333. The van der Waals surface area contributed by atoms with E-state index >= 15 is 0 Å². The summed E-state index contributed by atoms with van der Waals surface area (Å²) in [4.78, 5) is 16.0. The normalized spacial score (nSPS) is 11.4. The van der Waals surface area contributed by atoms with Crippen molar-refractivity contribution in [3.63, 3.8) is 0 Å². The van der Waals surface area contributed by atoms with Gasteiger partial charge in [-0.15, -0.1) is 0 Å². The van der Waals surface area contributed by atoms with E-state index in [4.69, 9.17) is 0 Å². The lowest BCUT2D eigenvalue weighted by Gasteiger charge is -2.19. The first-order chi connectivity index (χ1) is 8.88. The zero-order valence-electron chi connectivity index (χ0n) is 11.8. The number of rotatable bonds is 2. The summed E-state index contributed by atoms with van der Waals surface area (Å²) in [6, 6.07) is 7.91. The van der Waals surface area contributed by atoms with Gasteiger partial charge in [0.25, 0.3) is 5.91 Å². The van der Waals surface area contributed by atoms with Crippen LogP contribution in [-0.2, 0) is 12.5 Å². The van der Waals surface area contributed by atoms with E-state index in [-0.39, 0.29) is 11.3 Å². The first-order valence-electron chi connectivity index (χ1n) is 6.27. The second kappa shape index (κ2) is 4.88. The van der Waals surface area contributed by atoms with Crippen LogP contribution >= 0.6 is 0 Å². The third-order valence-corrected chi connectivity index (χ3v) is 3.03. The van der Waals surface area contributed by atoms with Gasteiger partial charge in [-0.05, 0) is 23.1 Å². The van der Waals surface area contributed by atoms with Crippen LogP contribution in [0.4, 0.5) is 5.69 Å². The van der Waals surface area contributed by atoms with E-state index in [2.05, 4.69) is 31.1 Å². The number of aromatic nitrogens is 2. The van der Waals surface area contributed by atoms with Crippen molar-refractivity contribution in [2.45, 2.75) is 26.2 Å². The highest BCUT2D eigenvalue weighted by molar-refractivity contribution is 6.01. The van der Waals surface area contributed by atoms with Crippen LogP contribution in [0.3, 0.4) is 0 Å². The second-order valence-corrected chi connectivity index (χ2v) is 5.64. The van der Waals surface area contributed by atoms with Crippen LogP contribution < -0.4 is 5.32 Å². The van der Waals surface area contributed by atoms with Crippen molar-refractivity contribution in [1.82, 2.24) is 9.55 Å². The van der Waals surface area contributed by atoms with Crippen LogP contribution in [0.15, 0.2) is 36.7 Å². The summed E-state index contributed by atoms with van der Waals surface area (Å²) in [6.07, 6.45) is 3.36. The molecule has 0 aliphatic rings. The Morgan fingerprint density at radius 1 is 1.21 bits per heavy atom. The first kappa shape index (κ1) is 13.3. The van der Waals surface area contributed by atoms with Crippen molar-refractivity contribution in [3.05, 3.63) is 48.0 Å². The number of carbonyl (C=O) groups excluding carboxylic acids is 1. The molecule has 0 aliphatic carbocycles. The lowest BCUT2D eigenvalue weighted by Crippen LogP contribution is -2.17. The maximum absolute atomic E-state index is 12.0. The maximum atomic E-state index is 12.0. The Morgan fingerprint density at radius 3 is 2.32 bits per heavy atom. The van der Waals surface area contributed by atoms with Gasteiger partial charge in [-0.25, -0.2) is 4.98 Å². The Bertz CT molecular complexity index is 576. The Kier molecular flexibility index (Phi) is 3.42. The highest BCUT2D eigenvalue weighted by Crippen LogP contribution is 2.23. The molecule has 0 unspecified atom stereocenters. The van der Waals surface area contributed by atoms with Crippen LogP contribution in [-0.4, -0.2) is 15.5 Å². The average Bonchev–Trinajstić information content (AvgIpc) is 2.75. The monoisotopic (exact) mass is 257 g/mol. The number of anilines is 1. The molecule has 0 saturated carbocycles. The van der Waals surface area contributed by atoms with Gasteiger partial charge in [0, 0.05) is 25.1 Å². The average molecular weight is 257 g/mol. The van der Waals surface area contributed by atoms with Crippen molar-refractivity contribution in [3.8, 4) is 0 Å². The lowest BCUT2D eigenvalue weighted by atomic mass is 9.87. The standard InChI is InChI=1S/C15H19N3O/c1-15(2,3)11-5-7-12(8-6-11)17-14(19)13-16-9-10-18(13)4/h5-10H,1-4H3,(H,17,19). The van der Waals surface area contributed by atoms with E-state index in [1.54, 1.807) is 24.0 Å². The van der Waals surface area contributed by atoms with Crippen molar-refractivity contribution < 1.29 is 4.79 Å². The summed E-state index contributed by atoms with van der Waals surface area (Å²) in [5.74, 6) is 0.205. The molecule has 4 nitrogen and oxygen atoms in total. The molecule has 100 valence electrons. The van der Waals surface area contributed by atoms with E-state index in [1.807, 2.05) is 24.3 Å². The molecule has 1 aromatic carbocycles. The summed E-state index contributed by atoms with van der Waals surface area (Å²) in [5.41, 5.74) is 2.13. The number of hydrogen-bond acceptors (Lipinski definition) is 2. The summed E-state index contributed by atoms with van der Waals surface area (Å²) in [5, 5.41) is 2.84. The number of nitrogens with one attached hydrogen (secondary N) is 1. The molecule has 2 aromatic rings. The Hall–Kier alpha value is -2.10. The highest BCUT2D eigenvalue weighted by Gasteiger charge is 2.14. The largest absolute Gasteiger partial charge is 0.330 e. The van der Waals surface area contributed by atoms with Crippen LogP contribution in [0.25, 0.3) is 0 Å². The number of nitrogens with zero attached hydrogens (tertiary/aromatic N) is 2. The summed E-state index contributed by atoms with van der Waals surface area (Å²) < 4.78 is 1.69. The summed E-state index contributed by atoms with van der Waals surface area (Å²) >= 11 is 0. The maximum Gasteiger partial charge on any atom is 0.291 e. The van der Waals surface area contributed by atoms with Crippen LogP contribution in [0.1, 0.15) is 37.0 Å². The van der Waals surface area contributed by atoms with Crippen molar-refractivity contribution in [1.29, 1.82) is 0 Å². The van der Waals surface area contributed by atoms with Crippen LogP contribution in [0, 0.1) is 0 Å². The van der Waals surface area contributed by atoms with Crippen molar-refractivity contribution >= 4 is 11.6 Å². The molecule has 19 heavy (non-hydrogen) atoms. The van der Waals surface area contributed by atoms with E-state index < -0.39 is 0 Å². The van der Waals surface area contributed by atoms with E-state index in [0.29, 0.717) is 5.82 Å². The molecule has 0 aliphatic heterocycles. The number of aryl methyl sites for hydroxylation is 1. The molecule has 1 amide bonds. The molecule has 1 heterocycles. The molecule has 2 rings (SSSR count). The number of benzene rings is 1. The van der Waals surface area contributed by atoms with Gasteiger partial charge < -0.3 is 9.88 Å². The minimum absolute atomic E-state index is 0.113. The van der Waals surface area contributed by atoms with Gasteiger partial charge in [0.2, 0.25) is 0 Å². The van der Waals surface area contributed by atoms with Gasteiger partial charge in [0.15, 0.2) is 5.82 Å². The molecule has 0 saturated heterocycles. The minimum Gasteiger partial charge on any atom is -0.330 e. The Balaban J connectivity index is 2.12. The lowest BCUT2D eigenvalue weighted by molar-refractivity contribution is 0.101. The minimum atomic E-state index is -0.198. The predicted molar refractivity (Wildman–Crippen MR) is 76.3 cm³/mol. The molecule has 0 spiro atoms. The quantitative estimate of drug-likeness (QED) is 0.899. The van der Waals surface area contributed by atoms with Gasteiger partial charge in [-0.3, -0.25) is 4.79 Å². The molecular weight excluding hydrogens is 238 g/mol. The third-order valence-electron chi connectivity index (χ3n) is 3.03. The molecule has 0 bridgehead atoms. The second-order valence-electron chi connectivity index (χ2n) is 5.64. The zero-order chi connectivity index (χ0) is 14.0. The Morgan fingerprint density at radius 2 is 1.84 bits per heavy atom. The van der Waals surface area contributed by atoms with Crippen molar-refractivity contribution in [2.75, 3.05) is 5.32 Å². The molecule has 1 aromatic heterocycles. The predicted octanol–water partition coefficient (Wildman–Crippen LogP) is 2.97. The zero-order valence-corrected chi connectivity index (χ0v) is 11.8. The SMILES string of the molecule is Cn1ccnc1C(=O)Nc1ccc(C(C)(C)C)cc1. The van der Waals surface area contributed by atoms with Crippen LogP contribution in [0.2, 0.25) is 0 Å². The third kappa shape index (κ3) is 3.02. The number of hydrogen-bond donors (Lipinski definition) is 1. The fourth-order valence-electron chi connectivity index (χ4n) is 1.82. The van der Waals surface area contributed by atoms with Gasteiger partial charge in [-0.1, -0.05) is 32.9 Å². The fourth-order valence-corrected chi connectivity index (χ4v) is 1.82. The molecule has 4 heteroatoms. The van der Waals surface area contributed by atoms with Gasteiger partial charge in [-0.2, -0.15) is 0 Å². The van der Waals surface area contributed by atoms with E-state index in [9.17, 15) is 4.79 Å². The van der Waals surface area contributed by atoms with Gasteiger partial charge >= 0.3 is 0 Å². The molecule has 0 radical (unpaired) electrons. The Labute approximate surface area is 113 Å². The molecule has 1 N–H and O–H groups in total. The topological polar surface area (TPSA) is 46.9 Å². The number of imidazole rings is 1. The van der Waals surface area contributed by atoms with E-state index in [1.165, 1.54) is 5.56 Å². The number of carbonyl (C=O) groups is 1. The van der Waals surface area contributed by atoms with E-state index in [0.717, 1.165) is 5.69 Å². The molecular formula is C15H19N3O. The molecule has 0 atom stereocenters. The number of amides is 1. The van der Waals surface area contributed by atoms with Gasteiger partial charge in [0.1, 0.15) is 0 Å². The smallest absolute Gasteiger partial charge is 0.291 e. The summed E-state index contributed by atoms with van der Waals surface area (Å²) in [6.45, 7) is 6.48.